The number of thiophene rings is 1. The van der Waals surface area contributed by atoms with Gasteiger partial charge in [0.1, 0.15) is 0 Å². The Hall–Kier alpha value is -2.51. The van der Waals surface area contributed by atoms with E-state index in [1.165, 1.54) is 11.3 Å². The van der Waals surface area contributed by atoms with E-state index in [2.05, 4.69) is 10.3 Å². The van der Waals surface area contributed by atoms with Crippen LogP contribution in [0.3, 0.4) is 0 Å². The molecule has 11 nitrogen and oxygen atoms in total. The molecule has 0 saturated heterocycles. The number of Topliss-reactive ketones (excluding diaryl/α,β-unsaturated/α-hetero) is 1. The lowest BCUT2D eigenvalue weighted by Crippen LogP contribution is -2.49. The Morgan fingerprint density at radius 2 is 2.03 bits per heavy atom. The van der Waals surface area contributed by atoms with E-state index in [0.717, 1.165) is 4.88 Å². The Bertz CT molecular complexity index is 785. The highest BCUT2D eigenvalue weighted by Crippen LogP contribution is 2.22. The van der Waals surface area contributed by atoms with Gasteiger partial charge in [-0.1, -0.05) is 19.3 Å². The first-order valence-electron chi connectivity index (χ1n) is 9.96. The number of nitrogens with zero attached hydrogens (tertiary/aromatic N) is 2. The molecule has 0 aliphatic carbocycles. The number of hydrazine groups is 1. The number of aryl methyl sites for hydroxylation is 1. The van der Waals surface area contributed by atoms with Crippen molar-refractivity contribution in [3.05, 3.63) is 32.0 Å². The monoisotopic (exact) mass is 455 g/mol. The van der Waals surface area contributed by atoms with Crippen LogP contribution in [0.15, 0.2) is 17.1 Å². The number of aliphatic imine (C=N–C) groups is 1. The molecular formula is C18H30BN5O6S. The number of carbonyl (C=O) groups excluding carboxylic acids is 2. The number of guanidine groups is 1. The minimum Gasteiger partial charge on any atom is -0.426 e. The van der Waals surface area contributed by atoms with Gasteiger partial charge in [-0.25, -0.2) is 15.1 Å². The molecule has 0 bridgehead atoms. The fourth-order valence-corrected chi connectivity index (χ4v) is 3.78. The summed E-state index contributed by atoms with van der Waals surface area (Å²) in [5.41, 5.74) is 7.09. The van der Waals surface area contributed by atoms with Crippen LogP contribution in [0, 0.1) is 28.9 Å². The van der Waals surface area contributed by atoms with Crippen molar-refractivity contribution in [2.45, 2.75) is 52.4 Å². The van der Waals surface area contributed by atoms with Gasteiger partial charge in [0, 0.05) is 23.8 Å². The Morgan fingerprint density at radius 3 is 2.55 bits per heavy atom. The summed E-state index contributed by atoms with van der Waals surface area (Å²) in [7, 11) is -1.72. The zero-order chi connectivity index (χ0) is 23.6. The summed E-state index contributed by atoms with van der Waals surface area (Å²) < 4.78 is 0. The molecule has 0 radical (unpaired) electrons. The molecule has 1 rings (SSSR count). The molecule has 0 aromatic carbocycles. The highest BCUT2D eigenvalue weighted by atomic mass is 32.1. The Morgan fingerprint density at radius 1 is 1.35 bits per heavy atom. The van der Waals surface area contributed by atoms with Gasteiger partial charge in [0.05, 0.1) is 10.8 Å². The fourth-order valence-electron chi connectivity index (χ4n) is 2.96. The predicted octanol–water partition coefficient (Wildman–Crippen LogP) is 0.665. The molecule has 1 aromatic rings. The quantitative estimate of drug-likeness (QED) is 0.0547. The van der Waals surface area contributed by atoms with E-state index >= 15 is 0 Å². The lowest BCUT2D eigenvalue weighted by Gasteiger charge is -2.23. The van der Waals surface area contributed by atoms with Crippen LogP contribution in [-0.2, 0) is 4.79 Å². The second-order valence-electron chi connectivity index (χ2n) is 7.67. The van der Waals surface area contributed by atoms with Crippen LogP contribution in [0.1, 0.15) is 54.1 Å². The van der Waals surface area contributed by atoms with Crippen LogP contribution < -0.4 is 16.5 Å². The Kier molecular flexibility index (Phi) is 11.1. The van der Waals surface area contributed by atoms with Gasteiger partial charge < -0.3 is 21.1 Å². The van der Waals surface area contributed by atoms with Gasteiger partial charge in [-0.15, -0.1) is 11.3 Å². The third-order valence-electron chi connectivity index (χ3n) is 4.43. The number of nitrogens with one attached hydrogen (secondary N) is 2. The summed E-state index contributed by atoms with van der Waals surface area (Å²) >= 11 is 1.34. The number of hydrogen-bond donors (Lipinski definition) is 5. The van der Waals surface area contributed by atoms with Crippen molar-refractivity contribution >= 4 is 36.1 Å². The van der Waals surface area contributed by atoms with Crippen LogP contribution in [0.5, 0.6) is 0 Å². The van der Waals surface area contributed by atoms with Gasteiger partial charge in [0.25, 0.3) is 5.96 Å². The van der Waals surface area contributed by atoms with Crippen molar-refractivity contribution in [3.8, 4) is 0 Å². The first-order chi connectivity index (χ1) is 14.5. The molecular weight excluding hydrogens is 425 g/mol. The van der Waals surface area contributed by atoms with Crippen LogP contribution in [0.2, 0.25) is 0 Å². The maximum Gasteiger partial charge on any atom is 0.475 e. The van der Waals surface area contributed by atoms with Crippen LogP contribution in [0.4, 0.5) is 0 Å². The predicted molar refractivity (Wildman–Crippen MR) is 119 cm³/mol. The van der Waals surface area contributed by atoms with Crippen molar-refractivity contribution in [2.24, 2.45) is 22.6 Å². The SMILES string of the molecule is Cc1ccc(C(=O)C[C@@H](CCCN=C(N)N[N+](=O)[O-])C(=O)N[C@@H](CC(C)C)B(O)O)s1. The van der Waals surface area contributed by atoms with Crippen molar-refractivity contribution in [1.82, 2.24) is 10.7 Å². The van der Waals surface area contributed by atoms with E-state index in [1.54, 1.807) is 11.5 Å². The van der Waals surface area contributed by atoms with Crippen LogP contribution in [-0.4, -0.2) is 52.3 Å². The zero-order valence-electron chi connectivity index (χ0n) is 17.9. The molecule has 2 atom stereocenters. The highest BCUT2D eigenvalue weighted by molar-refractivity contribution is 7.14. The molecule has 0 unspecified atom stereocenters. The molecule has 0 saturated carbocycles. The molecule has 6 N–H and O–H groups in total. The number of nitro groups is 1. The smallest absolute Gasteiger partial charge is 0.426 e. The number of hydrogen-bond acceptors (Lipinski definition) is 8. The van der Waals surface area contributed by atoms with E-state index in [4.69, 9.17) is 5.73 Å². The van der Waals surface area contributed by atoms with Gasteiger partial charge >= 0.3 is 7.12 Å². The van der Waals surface area contributed by atoms with E-state index in [1.807, 2.05) is 26.8 Å². The molecule has 172 valence electrons. The summed E-state index contributed by atoms with van der Waals surface area (Å²) in [6.45, 7) is 5.79. The van der Waals surface area contributed by atoms with Gasteiger partial charge in [-0.05, 0) is 44.2 Å². The van der Waals surface area contributed by atoms with Crippen molar-refractivity contribution < 1.29 is 24.7 Å². The normalized spacial score (nSPS) is 13.5. The second kappa shape index (κ2) is 13.0. The average Bonchev–Trinajstić information content (AvgIpc) is 3.08. The van der Waals surface area contributed by atoms with Gasteiger partial charge in [0.15, 0.2) is 10.8 Å². The van der Waals surface area contributed by atoms with E-state index in [9.17, 15) is 29.8 Å². The largest absolute Gasteiger partial charge is 0.475 e. The van der Waals surface area contributed by atoms with Crippen LogP contribution >= 0.6 is 11.3 Å². The van der Waals surface area contributed by atoms with E-state index < -0.39 is 29.9 Å². The van der Waals surface area contributed by atoms with Gasteiger partial charge in [-0.2, -0.15) is 0 Å². The minimum absolute atomic E-state index is 0.0476. The van der Waals surface area contributed by atoms with E-state index in [-0.39, 0.29) is 37.0 Å². The number of ketones is 1. The fraction of sp³-hybridized carbons (Fsp3) is 0.611. The summed E-state index contributed by atoms with van der Waals surface area (Å²) in [4.78, 5) is 41.1. The summed E-state index contributed by atoms with van der Waals surface area (Å²) in [5, 5.41) is 31.3. The molecule has 31 heavy (non-hydrogen) atoms. The molecule has 1 amide bonds. The molecule has 0 aliphatic rings. The van der Waals surface area contributed by atoms with Crippen molar-refractivity contribution in [1.29, 1.82) is 0 Å². The lowest BCUT2D eigenvalue weighted by molar-refractivity contribution is -0.525. The van der Waals surface area contributed by atoms with Gasteiger partial charge in [0.2, 0.25) is 5.91 Å². The molecule has 1 heterocycles. The molecule has 1 aromatic heterocycles. The first kappa shape index (κ1) is 26.5. The Balaban J connectivity index is 2.83. The Labute approximate surface area is 185 Å². The maximum absolute atomic E-state index is 12.8. The summed E-state index contributed by atoms with van der Waals surface area (Å²) in [6, 6.07) is 3.54. The van der Waals surface area contributed by atoms with Crippen molar-refractivity contribution in [2.75, 3.05) is 6.54 Å². The van der Waals surface area contributed by atoms with E-state index in [0.29, 0.717) is 17.7 Å². The molecule has 0 spiro atoms. The number of rotatable bonds is 13. The van der Waals surface area contributed by atoms with Crippen LogP contribution in [0.25, 0.3) is 0 Å². The lowest BCUT2D eigenvalue weighted by atomic mass is 9.74. The summed E-state index contributed by atoms with van der Waals surface area (Å²) in [6.07, 6.45) is 0.939. The number of amides is 1. The number of carbonyl (C=O) groups is 2. The first-order valence-corrected chi connectivity index (χ1v) is 10.8. The third-order valence-corrected chi connectivity index (χ3v) is 5.47. The maximum atomic E-state index is 12.8. The molecule has 0 aliphatic heterocycles. The second-order valence-corrected chi connectivity index (χ2v) is 8.96. The zero-order valence-corrected chi connectivity index (χ0v) is 18.7. The van der Waals surface area contributed by atoms with Crippen molar-refractivity contribution in [3.63, 3.8) is 0 Å². The van der Waals surface area contributed by atoms with Gasteiger partial charge in [-0.3, -0.25) is 9.59 Å². The third kappa shape index (κ3) is 10.4. The minimum atomic E-state index is -1.72. The highest BCUT2D eigenvalue weighted by Gasteiger charge is 2.30. The topological polar surface area (TPSA) is 180 Å². The standard InChI is InChI=1S/C18H30BN5O6S/c1-11(2)9-16(19(27)28)22-17(26)13(5-4-8-21-18(20)23-24(29)30)10-14(25)15-7-6-12(3)31-15/h6-7,11,13,16,27-28H,4-5,8-10H2,1-3H3,(H,22,26)(H3,20,21,23)/t13-,16+/m1/s1. The number of nitrogens with two attached hydrogens (primary N) is 1. The molecule has 0 fully saturated rings. The molecule has 13 heteroatoms. The summed E-state index contributed by atoms with van der Waals surface area (Å²) in [5.74, 6) is -2.44. The average molecular weight is 455 g/mol.